The molecule has 0 aliphatic rings. The van der Waals surface area contributed by atoms with Gasteiger partial charge in [-0.1, -0.05) is 30.0 Å². The number of rotatable bonds is 9. The Hall–Kier alpha value is -2.39. The Bertz CT molecular complexity index is 820. The van der Waals surface area contributed by atoms with Gasteiger partial charge in [-0.05, 0) is 23.9 Å². The zero-order valence-electron chi connectivity index (χ0n) is 13.3. The fraction of sp³-hybridized carbons (Fsp3) is 0.250. The van der Waals surface area contributed by atoms with Crippen molar-refractivity contribution >= 4 is 28.8 Å². The van der Waals surface area contributed by atoms with Crippen molar-refractivity contribution in [3.63, 3.8) is 0 Å². The fourth-order valence-corrected chi connectivity index (χ4v) is 3.67. The van der Waals surface area contributed by atoms with E-state index in [0.717, 1.165) is 18.1 Å². The van der Waals surface area contributed by atoms with Crippen LogP contribution in [0, 0.1) is 10.1 Å². The molecule has 0 atom stereocenters. The Kier molecular flexibility index (Phi) is 6.02. The van der Waals surface area contributed by atoms with Gasteiger partial charge in [-0.25, -0.2) is 0 Å². The summed E-state index contributed by atoms with van der Waals surface area (Å²) in [6, 6.07) is 10.5. The van der Waals surface area contributed by atoms with E-state index in [1.54, 1.807) is 35.9 Å². The minimum Gasteiger partial charge on any atom is -0.486 e. The highest BCUT2D eigenvalue weighted by molar-refractivity contribution is 7.99. The van der Waals surface area contributed by atoms with Crippen LogP contribution in [0.2, 0.25) is 0 Å². The van der Waals surface area contributed by atoms with Crippen molar-refractivity contribution < 1.29 is 9.66 Å². The lowest BCUT2D eigenvalue weighted by atomic mass is 10.3. The second-order valence-electron chi connectivity index (χ2n) is 5.06. The smallest absolute Gasteiger partial charge is 0.310 e. The molecule has 3 rings (SSSR count). The van der Waals surface area contributed by atoms with Gasteiger partial charge in [0.25, 0.3) is 0 Å². The van der Waals surface area contributed by atoms with Crippen molar-refractivity contribution in [1.82, 2.24) is 14.8 Å². The van der Waals surface area contributed by atoms with Gasteiger partial charge in [-0.15, -0.1) is 21.5 Å². The monoisotopic (exact) mass is 376 g/mol. The number of ether oxygens (including phenoxy) is 1. The summed E-state index contributed by atoms with van der Waals surface area (Å²) in [4.78, 5) is 11.8. The maximum absolute atomic E-state index is 11.0. The van der Waals surface area contributed by atoms with E-state index in [1.807, 2.05) is 10.6 Å². The highest BCUT2D eigenvalue weighted by Gasteiger charge is 2.13. The maximum Gasteiger partial charge on any atom is 0.310 e. The number of benzene rings is 1. The van der Waals surface area contributed by atoms with Gasteiger partial charge >= 0.3 is 5.69 Å². The molecule has 130 valence electrons. The second kappa shape index (κ2) is 8.63. The van der Waals surface area contributed by atoms with Crippen LogP contribution < -0.4 is 4.74 Å². The second-order valence-corrected chi connectivity index (χ2v) is 7.15. The largest absolute Gasteiger partial charge is 0.486 e. The summed E-state index contributed by atoms with van der Waals surface area (Å²) < 4.78 is 7.55. The lowest BCUT2D eigenvalue weighted by Crippen LogP contribution is -2.05. The molecule has 0 saturated carbocycles. The quantitative estimate of drug-likeness (QED) is 0.245. The predicted molar refractivity (Wildman–Crippen MR) is 97.4 cm³/mol. The van der Waals surface area contributed by atoms with E-state index in [2.05, 4.69) is 21.6 Å². The SMILES string of the molecule is O=[N+]([O-])c1ccccc1OCCSc1nncn1CCc1cccs1. The van der Waals surface area contributed by atoms with E-state index in [-0.39, 0.29) is 11.4 Å². The van der Waals surface area contributed by atoms with Crippen molar-refractivity contribution in [2.24, 2.45) is 0 Å². The molecule has 2 aromatic heterocycles. The first kappa shape index (κ1) is 17.4. The van der Waals surface area contributed by atoms with Gasteiger partial charge in [0.15, 0.2) is 10.9 Å². The molecule has 0 amide bonds. The van der Waals surface area contributed by atoms with Crippen LogP contribution in [0.25, 0.3) is 0 Å². The Morgan fingerprint density at radius 1 is 1.28 bits per heavy atom. The first-order valence-electron chi connectivity index (χ1n) is 7.63. The highest BCUT2D eigenvalue weighted by atomic mass is 32.2. The van der Waals surface area contributed by atoms with Crippen molar-refractivity contribution in [3.8, 4) is 5.75 Å². The topological polar surface area (TPSA) is 83.1 Å². The lowest BCUT2D eigenvalue weighted by molar-refractivity contribution is -0.385. The number of aromatic nitrogens is 3. The standard InChI is InChI=1S/C16H16N4O3S2/c21-20(22)14-5-1-2-6-15(14)23-9-11-25-16-18-17-12-19(16)8-7-13-4-3-10-24-13/h1-6,10,12H,7-9,11H2. The highest BCUT2D eigenvalue weighted by Crippen LogP contribution is 2.26. The van der Waals surface area contributed by atoms with Crippen molar-refractivity contribution in [2.45, 2.75) is 18.1 Å². The van der Waals surface area contributed by atoms with Gasteiger partial charge in [0.1, 0.15) is 6.33 Å². The molecular weight excluding hydrogens is 360 g/mol. The molecule has 0 saturated heterocycles. The minimum absolute atomic E-state index is 0.0217. The van der Waals surface area contributed by atoms with E-state index in [0.29, 0.717) is 12.4 Å². The molecule has 0 unspecified atom stereocenters. The number of nitro benzene ring substituents is 1. The number of thiophene rings is 1. The van der Waals surface area contributed by atoms with Gasteiger partial charge in [0.05, 0.1) is 11.5 Å². The molecule has 0 fully saturated rings. The fourth-order valence-electron chi connectivity index (χ4n) is 2.21. The molecule has 0 aliphatic heterocycles. The molecule has 0 bridgehead atoms. The Labute approximate surface area is 152 Å². The Balaban J connectivity index is 1.48. The first-order chi connectivity index (χ1) is 12.2. The molecule has 3 aromatic rings. The Morgan fingerprint density at radius 3 is 2.96 bits per heavy atom. The zero-order chi connectivity index (χ0) is 17.5. The summed E-state index contributed by atoms with van der Waals surface area (Å²) >= 11 is 3.26. The molecule has 25 heavy (non-hydrogen) atoms. The number of nitrogens with zero attached hydrogens (tertiary/aromatic N) is 4. The normalized spacial score (nSPS) is 10.7. The van der Waals surface area contributed by atoms with Gasteiger partial charge < -0.3 is 9.30 Å². The average molecular weight is 376 g/mol. The van der Waals surface area contributed by atoms with Crippen LogP contribution in [0.1, 0.15) is 4.88 Å². The van der Waals surface area contributed by atoms with Crippen LogP contribution in [-0.2, 0) is 13.0 Å². The number of nitro groups is 1. The number of para-hydroxylation sites is 2. The third-order valence-electron chi connectivity index (χ3n) is 3.39. The summed E-state index contributed by atoms with van der Waals surface area (Å²) in [6.45, 7) is 1.17. The van der Waals surface area contributed by atoms with Crippen LogP contribution in [0.4, 0.5) is 5.69 Å². The van der Waals surface area contributed by atoms with Gasteiger partial charge in [0.2, 0.25) is 0 Å². The number of hydrogen-bond donors (Lipinski definition) is 0. The summed E-state index contributed by atoms with van der Waals surface area (Å²) in [5.41, 5.74) is -0.0217. The van der Waals surface area contributed by atoms with Gasteiger partial charge in [0, 0.05) is 23.2 Å². The summed E-state index contributed by atoms with van der Waals surface area (Å²) in [6.07, 6.45) is 2.66. The summed E-state index contributed by atoms with van der Waals surface area (Å²) in [5, 5.41) is 21.9. The van der Waals surface area contributed by atoms with Crippen LogP contribution in [0.5, 0.6) is 5.75 Å². The molecular formula is C16H16N4O3S2. The van der Waals surface area contributed by atoms with Crippen LogP contribution >= 0.6 is 23.1 Å². The van der Waals surface area contributed by atoms with Crippen LogP contribution in [0.3, 0.4) is 0 Å². The van der Waals surface area contributed by atoms with Gasteiger partial charge in [-0.3, -0.25) is 10.1 Å². The van der Waals surface area contributed by atoms with Crippen molar-refractivity contribution in [2.75, 3.05) is 12.4 Å². The molecule has 0 N–H and O–H groups in total. The third kappa shape index (κ3) is 4.80. The van der Waals surface area contributed by atoms with Crippen LogP contribution in [-0.4, -0.2) is 32.0 Å². The van der Waals surface area contributed by atoms with E-state index >= 15 is 0 Å². The van der Waals surface area contributed by atoms with E-state index in [1.165, 1.54) is 22.7 Å². The predicted octanol–water partition coefficient (Wildman–Crippen LogP) is 3.66. The van der Waals surface area contributed by atoms with Crippen molar-refractivity contribution in [1.29, 1.82) is 0 Å². The van der Waals surface area contributed by atoms with Crippen molar-refractivity contribution in [3.05, 3.63) is 63.1 Å². The molecule has 1 aromatic carbocycles. The van der Waals surface area contributed by atoms with Gasteiger partial charge in [-0.2, -0.15) is 0 Å². The molecule has 9 heteroatoms. The number of aryl methyl sites for hydroxylation is 2. The van der Waals surface area contributed by atoms with Crippen LogP contribution in [0.15, 0.2) is 53.3 Å². The maximum atomic E-state index is 11.0. The molecule has 0 spiro atoms. The molecule has 0 radical (unpaired) electrons. The number of hydrogen-bond acceptors (Lipinski definition) is 7. The first-order valence-corrected chi connectivity index (χ1v) is 9.50. The van der Waals surface area contributed by atoms with E-state index < -0.39 is 4.92 Å². The Morgan fingerprint density at radius 2 is 2.16 bits per heavy atom. The number of thioether (sulfide) groups is 1. The van der Waals surface area contributed by atoms with E-state index in [9.17, 15) is 10.1 Å². The van der Waals surface area contributed by atoms with E-state index in [4.69, 9.17) is 4.74 Å². The third-order valence-corrected chi connectivity index (χ3v) is 5.27. The average Bonchev–Trinajstić information content (AvgIpc) is 3.28. The molecule has 0 aliphatic carbocycles. The zero-order valence-corrected chi connectivity index (χ0v) is 14.9. The molecule has 7 nitrogen and oxygen atoms in total. The lowest BCUT2D eigenvalue weighted by Gasteiger charge is -2.07. The summed E-state index contributed by atoms with van der Waals surface area (Å²) in [5.74, 6) is 0.913. The minimum atomic E-state index is -0.441. The summed E-state index contributed by atoms with van der Waals surface area (Å²) in [7, 11) is 0. The molecule has 2 heterocycles.